The zero-order valence-electron chi connectivity index (χ0n) is 8.51. The van der Waals surface area contributed by atoms with E-state index < -0.39 is 0 Å². The predicted octanol–water partition coefficient (Wildman–Crippen LogP) is 2.56. The fourth-order valence-electron chi connectivity index (χ4n) is 1.79. The Morgan fingerprint density at radius 1 is 1.31 bits per heavy atom. The summed E-state index contributed by atoms with van der Waals surface area (Å²) in [5.41, 5.74) is 1.09. The van der Waals surface area contributed by atoms with E-state index in [1.807, 2.05) is 12.1 Å². The monoisotopic (exact) mass is 234 g/mol. The van der Waals surface area contributed by atoms with Crippen molar-refractivity contribution in [1.29, 1.82) is 0 Å². The highest BCUT2D eigenvalue weighted by atomic mass is 32.2. The molecule has 0 aliphatic carbocycles. The van der Waals surface area contributed by atoms with Crippen molar-refractivity contribution < 1.29 is 9.15 Å². The van der Waals surface area contributed by atoms with Crippen LogP contribution in [0.25, 0.3) is 11.0 Å². The largest absolute Gasteiger partial charge is 0.464 e. The maximum Gasteiger partial charge on any atom is 0.199 e. The average Bonchev–Trinajstić information content (AvgIpc) is 2.83. The first-order valence-corrected chi connectivity index (χ1v) is 6.15. The molecule has 2 aromatic rings. The molecule has 0 spiro atoms. The van der Waals surface area contributed by atoms with Crippen molar-refractivity contribution in [2.24, 2.45) is 0 Å². The summed E-state index contributed by atoms with van der Waals surface area (Å²) >= 11 is 1.64. The van der Waals surface area contributed by atoms with Crippen LogP contribution in [0, 0.1) is 0 Å². The Bertz CT molecular complexity index is 570. The lowest BCUT2D eigenvalue weighted by molar-refractivity contribution is 0.143. The zero-order chi connectivity index (χ0) is 11.0. The Labute approximate surface area is 96.4 Å². The van der Waals surface area contributed by atoms with Crippen LogP contribution < -0.4 is 5.43 Å². The van der Waals surface area contributed by atoms with Crippen LogP contribution in [0.15, 0.2) is 39.7 Å². The Balaban J connectivity index is 2.19. The quantitative estimate of drug-likeness (QED) is 0.760. The third-order valence-electron chi connectivity index (χ3n) is 2.58. The van der Waals surface area contributed by atoms with Crippen molar-refractivity contribution >= 4 is 22.7 Å². The fraction of sp³-hybridized carbons (Fsp3) is 0.250. The normalized spacial score (nSPS) is 20.4. The van der Waals surface area contributed by atoms with E-state index in [4.69, 9.17) is 9.15 Å². The summed E-state index contributed by atoms with van der Waals surface area (Å²) in [6, 6.07) is 7.27. The molecule has 0 bridgehead atoms. The van der Waals surface area contributed by atoms with Crippen molar-refractivity contribution in [1.82, 2.24) is 0 Å². The van der Waals surface area contributed by atoms with E-state index in [9.17, 15) is 4.79 Å². The highest BCUT2D eigenvalue weighted by Crippen LogP contribution is 2.33. The fourth-order valence-corrected chi connectivity index (χ4v) is 2.73. The SMILES string of the molecule is O=c1c([C@H]2OCCS2)coc2ccccc12. The molecule has 0 saturated carbocycles. The number of para-hydroxylation sites is 1. The van der Waals surface area contributed by atoms with Crippen molar-refractivity contribution in [3.63, 3.8) is 0 Å². The molecule has 0 unspecified atom stereocenters. The first-order chi connectivity index (χ1) is 7.86. The van der Waals surface area contributed by atoms with Gasteiger partial charge in [-0.05, 0) is 12.1 Å². The Morgan fingerprint density at radius 2 is 2.19 bits per heavy atom. The van der Waals surface area contributed by atoms with Crippen LogP contribution in [-0.4, -0.2) is 12.4 Å². The molecule has 1 aliphatic heterocycles. The van der Waals surface area contributed by atoms with Gasteiger partial charge in [0.05, 0.1) is 17.6 Å². The van der Waals surface area contributed by atoms with Crippen LogP contribution in [-0.2, 0) is 4.74 Å². The van der Waals surface area contributed by atoms with Crippen LogP contribution in [0.2, 0.25) is 0 Å². The summed E-state index contributed by atoms with van der Waals surface area (Å²) in [6.07, 6.45) is 1.52. The summed E-state index contributed by atoms with van der Waals surface area (Å²) in [4.78, 5) is 12.2. The molecule has 1 atom stereocenters. The van der Waals surface area contributed by atoms with E-state index >= 15 is 0 Å². The minimum Gasteiger partial charge on any atom is -0.464 e. The highest BCUT2D eigenvalue weighted by Gasteiger charge is 2.22. The van der Waals surface area contributed by atoms with Crippen LogP contribution in [0.4, 0.5) is 0 Å². The number of fused-ring (bicyclic) bond motifs is 1. The molecular formula is C12H10O3S. The third kappa shape index (κ3) is 1.54. The lowest BCUT2D eigenvalue weighted by Gasteiger charge is -2.07. The molecule has 0 N–H and O–H groups in total. The van der Waals surface area contributed by atoms with Gasteiger partial charge in [0.2, 0.25) is 0 Å². The van der Waals surface area contributed by atoms with Gasteiger partial charge in [0, 0.05) is 5.75 Å². The van der Waals surface area contributed by atoms with Gasteiger partial charge in [-0.2, -0.15) is 0 Å². The molecule has 1 saturated heterocycles. The number of ether oxygens (including phenoxy) is 1. The second kappa shape index (κ2) is 3.96. The van der Waals surface area contributed by atoms with E-state index in [2.05, 4.69) is 0 Å². The Hall–Kier alpha value is -1.26. The topological polar surface area (TPSA) is 39.4 Å². The van der Waals surface area contributed by atoms with Gasteiger partial charge in [-0.15, -0.1) is 11.8 Å². The number of rotatable bonds is 1. The zero-order valence-corrected chi connectivity index (χ0v) is 9.33. The molecule has 0 amide bonds. The number of hydrogen-bond acceptors (Lipinski definition) is 4. The molecule has 4 heteroatoms. The molecule has 3 rings (SSSR count). The predicted molar refractivity (Wildman–Crippen MR) is 63.6 cm³/mol. The highest BCUT2D eigenvalue weighted by molar-refractivity contribution is 7.99. The molecule has 2 heterocycles. The molecule has 0 radical (unpaired) electrons. The standard InChI is InChI=1S/C12H10O3S/c13-11-8-3-1-2-4-10(8)15-7-9(11)12-14-5-6-16-12/h1-4,7,12H,5-6H2/t12-/m0/s1. The molecule has 1 aromatic heterocycles. The van der Waals surface area contributed by atoms with E-state index in [0.29, 0.717) is 23.1 Å². The van der Waals surface area contributed by atoms with Gasteiger partial charge in [-0.25, -0.2) is 0 Å². The Kier molecular flexibility index (Phi) is 2.46. The van der Waals surface area contributed by atoms with E-state index in [1.54, 1.807) is 23.9 Å². The second-order valence-electron chi connectivity index (χ2n) is 3.59. The maximum absolute atomic E-state index is 12.2. The first kappa shape index (κ1) is 9.93. The van der Waals surface area contributed by atoms with Crippen molar-refractivity contribution in [3.8, 4) is 0 Å². The van der Waals surface area contributed by atoms with Crippen molar-refractivity contribution in [2.75, 3.05) is 12.4 Å². The van der Waals surface area contributed by atoms with Gasteiger partial charge in [0.25, 0.3) is 0 Å². The van der Waals surface area contributed by atoms with Gasteiger partial charge in [-0.3, -0.25) is 4.79 Å². The van der Waals surface area contributed by atoms with Gasteiger partial charge in [0.15, 0.2) is 5.43 Å². The molecular weight excluding hydrogens is 224 g/mol. The maximum atomic E-state index is 12.2. The third-order valence-corrected chi connectivity index (χ3v) is 3.68. The lowest BCUT2D eigenvalue weighted by atomic mass is 10.2. The average molecular weight is 234 g/mol. The molecule has 82 valence electrons. The summed E-state index contributed by atoms with van der Waals surface area (Å²) < 4.78 is 10.9. The van der Waals surface area contributed by atoms with Gasteiger partial charge in [0.1, 0.15) is 17.3 Å². The molecule has 16 heavy (non-hydrogen) atoms. The minimum atomic E-state index is -0.166. The van der Waals surface area contributed by atoms with Crippen LogP contribution in [0.1, 0.15) is 11.0 Å². The van der Waals surface area contributed by atoms with Crippen LogP contribution >= 0.6 is 11.8 Å². The van der Waals surface area contributed by atoms with Crippen molar-refractivity contribution in [2.45, 2.75) is 5.44 Å². The van der Waals surface area contributed by atoms with Gasteiger partial charge >= 0.3 is 0 Å². The summed E-state index contributed by atoms with van der Waals surface area (Å²) in [6.45, 7) is 0.696. The summed E-state index contributed by atoms with van der Waals surface area (Å²) in [5, 5.41) is 0.621. The van der Waals surface area contributed by atoms with E-state index in [-0.39, 0.29) is 10.9 Å². The summed E-state index contributed by atoms with van der Waals surface area (Å²) in [5.74, 6) is 0.928. The van der Waals surface area contributed by atoms with Gasteiger partial charge < -0.3 is 9.15 Å². The lowest BCUT2D eigenvalue weighted by Crippen LogP contribution is -2.11. The van der Waals surface area contributed by atoms with Gasteiger partial charge in [-0.1, -0.05) is 12.1 Å². The Morgan fingerprint density at radius 3 is 3.00 bits per heavy atom. The first-order valence-electron chi connectivity index (χ1n) is 5.10. The van der Waals surface area contributed by atoms with Crippen LogP contribution in [0.5, 0.6) is 0 Å². The summed E-state index contributed by atoms with van der Waals surface area (Å²) in [7, 11) is 0. The van der Waals surface area contributed by atoms with Crippen molar-refractivity contribution in [3.05, 3.63) is 46.3 Å². The second-order valence-corrected chi connectivity index (χ2v) is 4.76. The molecule has 1 aliphatic rings. The number of hydrogen-bond donors (Lipinski definition) is 0. The number of benzene rings is 1. The number of thioether (sulfide) groups is 1. The van der Waals surface area contributed by atoms with E-state index in [1.165, 1.54) is 6.26 Å². The minimum absolute atomic E-state index is 0.0150. The molecule has 3 nitrogen and oxygen atoms in total. The van der Waals surface area contributed by atoms with Crippen LogP contribution in [0.3, 0.4) is 0 Å². The molecule has 1 aromatic carbocycles. The van der Waals surface area contributed by atoms with E-state index in [0.717, 1.165) is 5.75 Å². The smallest absolute Gasteiger partial charge is 0.199 e. The molecule has 1 fully saturated rings.